The maximum Gasteiger partial charge on any atom is 0.256 e. The van der Waals surface area contributed by atoms with E-state index in [-0.39, 0.29) is 6.04 Å². The van der Waals surface area contributed by atoms with E-state index >= 15 is 0 Å². The SMILES string of the molecule is CC(C)NC(C)(C#N)CCSc1nc2ccccc2o1. The van der Waals surface area contributed by atoms with E-state index in [0.29, 0.717) is 5.22 Å². The lowest BCUT2D eigenvalue weighted by atomic mass is 10.0. The molecule has 1 N–H and O–H groups in total. The zero-order valence-corrected chi connectivity index (χ0v) is 12.8. The Hall–Kier alpha value is -1.51. The Morgan fingerprint density at radius 1 is 1.45 bits per heavy atom. The van der Waals surface area contributed by atoms with Crippen molar-refractivity contribution in [2.45, 2.75) is 44.0 Å². The average molecular weight is 289 g/mol. The Balaban J connectivity index is 1.93. The molecule has 0 spiro atoms. The molecule has 0 saturated heterocycles. The number of rotatable bonds is 6. The molecule has 0 aliphatic carbocycles. The fourth-order valence-electron chi connectivity index (χ4n) is 2.05. The lowest BCUT2D eigenvalue weighted by Crippen LogP contribution is -2.45. The summed E-state index contributed by atoms with van der Waals surface area (Å²) in [4.78, 5) is 4.41. The number of nitrogens with zero attached hydrogens (tertiary/aromatic N) is 2. The topological polar surface area (TPSA) is 61.9 Å². The van der Waals surface area contributed by atoms with E-state index in [9.17, 15) is 5.26 Å². The zero-order valence-electron chi connectivity index (χ0n) is 12.0. The van der Waals surface area contributed by atoms with Gasteiger partial charge in [-0.15, -0.1) is 0 Å². The molecule has 1 atom stereocenters. The summed E-state index contributed by atoms with van der Waals surface area (Å²) in [6, 6.07) is 10.4. The summed E-state index contributed by atoms with van der Waals surface area (Å²) in [6.45, 7) is 6.02. The number of thioether (sulfide) groups is 1. The number of benzene rings is 1. The van der Waals surface area contributed by atoms with Crippen molar-refractivity contribution in [1.82, 2.24) is 10.3 Å². The van der Waals surface area contributed by atoms with Crippen molar-refractivity contribution in [3.63, 3.8) is 0 Å². The van der Waals surface area contributed by atoms with Gasteiger partial charge in [-0.25, -0.2) is 4.98 Å². The van der Waals surface area contributed by atoms with Gasteiger partial charge in [0.1, 0.15) is 11.1 Å². The van der Waals surface area contributed by atoms with E-state index in [1.807, 2.05) is 45.0 Å². The highest BCUT2D eigenvalue weighted by Crippen LogP contribution is 2.25. The Kier molecular flexibility index (Phi) is 4.69. The third-order valence-electron chi connectivity index (χ3n) is 2.96. The minimum Gasteiger partial charge on any atom is -0.431 e. The number of fused-ring (bicyclic) bond motifs is 1. The first-order chi connectivity index (χ1) is 9.52. The van der Waals surface area contributed by atoms with E-state index in [0.717, 1.165) is 23.3 Å². The zero-order chi connectivity index (χ0) is 14.6. The summed E-state index contributed by atoms with van der Waals surface area (Å²) in [7, 11) is 0. The van der Waals surface area contributed by atoms with Crippen LogP contribution in [-0.2, 0) is 0 Å². The molecule has 2 rings (SSSR count). The number of hydrogen-bond acceptors (Lipinski definition) is 5. The van der Waals surface area contributed by atoms with Crippen LogP contribution in [0.4, 0.5) is 0 Å². The van der Waals surface area contributed by atoms with Crippen LogP contribution in [-0.4, -0.2) is 22.3 Å². The fourth-order valence-corrected chi connectivity index (χ4v) is 3.05. The number of hydrogen-bond donors (Lipinski definition) is 1. The third kappa shape index (κ3) is 3.75. The van der Waals surface area contributed by atoms with Crippen molar-refractivity contribution in [1.29, 1.82) is 5.26 Å². The van der Waals surface area contributed by atoms with Crippen LogP contribution in [0.15, 0.2) is 33.9 Å². The molecular weight excluding hydrogens is 270 g/mol. The van der Waals surface area contributed by atoms with Crippen LogP contribution in [0.25, 0.3) is 11.1 Å². The summed E-state index contributed by atoms with van der Waals surface area (Å²) in [5.41, 5.74) is 1.17. The van der Waals surface area contributed by atoms with Crippen LogP contribution in [0.1, 0.15) is 27.2 Å². The van der Waals surface area contributed by atoms with Crippen LogP contribution < -0.4 is 5.32 Å². The van der Waals surface area contributed by atoms with Crippen molar-refractivity contribution in [3.05, 3.63) is 24.3 Å². The summed E-state index contributed by atoms with van der Waals surface area (Å²) in [5.74, 6) is 0.788. The molecule has 5 heteroatoms. The standard InChI is InChI=1S/C15H19N3OS/c1-11(2)18-15(3,10-16)8-9-20-14-17-12-6-4-5-7-13(12)19-14/h4-7,11,18H,8-9H2,1-3H3. The molecular formula is C15H19N3OS. The van der Waals surface area contributed by atoms with Crippen molar-refractivity contribution in [2.75, 3.05) is 5.75 Å². The predicted octanol–water partition coefficient (Wildman–Crippen LogP) is 3.59. The highest BCUT2D eigenvalue weighted by Gasteiger charge is 2.24. The van der Waals surface area contributed by atoms with Crippen molar-refractivity contribution < 1.29 is 4.42 Å². The van der Waals surface area contributed by atoms with Crippen LogP contribution in [0.5, 0.6) is 0 Å². The lowest BCUT2D eigenvalue weighted by molar-refractivity contribution is 0.397. The third-order valence-corrected chi connectivity index (χ3v) is 3.79. The van der Waals surface area contributed by atoms with Gasteiger partial charge < -0.3 is 4.42 Å². The lowest BCUT2D eigenvalue weighted by Gasteiger charge is -2.25. The summed E-state index contributed by atoms with van der Waals surface area (Å²) >= 11 is 1.55. The first kappa shape index (κ1) is 14.9. The average Bonchev–Trinajstić information content (AvgIpc) is 2.80. The Morgan fingerprint density at radius 3 is 2.85 bits per heavy atom. The maximum absolute atomic E-state index is 9.28. The molecule has 0 fully saturated rings. The van der Waals surface area contributed by atoms with Gasteiger partial charge in [-0.3, -0.25) is 5.32 Å². The number of nitriles is 1. The fraction of sp³-hybridized carbons (Fsp3) is 0.467. The maximum atomic E-state index is 9.28. The molecule has 20 heavy (non-hydrogen) atoms. The molecule has 0 amide bonds. The first-order valence-electron chi connectivity index (χ1n) is 6.70. The van der Waals surface area contributed by atoms with E-state index in [2.05, 4.69) is 16.4 Å². The molecule has 1 heterocycles. The quantitative estimate of drug-likeness (QED) is 0.823. The first-order valence-corrected chi connectivity index (χ1v) is 7.68. The molecule has 0 saturated carbocycles. The monoisotopic (exact) mass is 289 g/mol. The molecule has 0 bridgehead atoms. The van der Waals surface area contributed by atoms with Crippen molar-refractivity contribution in [2.24, 2.45) is 0 Å². The van der Waals surface area contributed by atoms with Gasteiger partial charge in [0.15, 0.2) is 5.58 Å². The minimum absolute atomic E-state index is 0.286. The molecule has 4 nitrogen and oxygen atoms in total. The van der Waals surface area contributed by atoms with Gasteiger partial charge in [-0.2, -0.15) is 5.26 Å². The second-order valence-electron chi connectivity index (χ2n) is 5.29. The van der Waals surface area contributed by atoms with Crippen molar-refractivity contribution in [3.8, 4) is 6.07 Å². The molecule has 1 aromatic heterocycles. The Morgan fingerprint density at radius 2 is 2.20 bits per heavy atom. The molecule has 1 unspecified atom stereocenters. The molecule has 1 aromatic carbocycles. The van der Waals surface area contributed by atoms with Gasteiger partial charge in [0.2, 0.25) is 0 Å². The van der Waals surface area contributed by atoms with Gasteiger partial charge in [0, 0.05) is 11.8 Å². The summed E-state index contributed by atoms with van der Waals surface area (Å²) in [5, 5.41) is 13.2. The Labute approximate surface area is 123 Å². The molecule has 106 valence electrons. The van der Waals surface area contributed by atoms with Gasteiger partial charge in [0.25, 0.3) is 5.22 Å². The van der Waals surface area contributed by atoms with E-state index in [1.54, 1.807) is 11.8 Å². The highest BCUT2D eigenvalue weighted by atomic mass is 32.2. The van der Waals surface area contributed by atoms with Crippen LogP contribution >= 0.6 is 11.8 Å². The van der Waals surface area contributed by atoms with E-state index < -0.39 is 5.54 Å². The molecule has 2 aromatic rings. The normalized spacial score (nSPS) is 14.3. The van der Waals surface area contributed by atoms with Crippen LogP contribution in [0, 0.1) is 11.3 Å². The molecule has 0 aliphatic rings. The van der Waals surface area contributed by atoms with Gasteiger partial charge in [-0.1, -0.05) is 23.9 Å². The van der Waals surface area contributed by atoms with E-state index in [4.69, 9.17) is 4.42 Å². The molecule has 0 aliphatic heterocycles. The number of nitrogens with one attached hydrogen (secondary N) is 1. The molecule has 0 radical (unpaired) electrons. The van der Waals surface area contributed by atoms with Gasteiger partial charge in [0.05, 0.1) is 6.07 Å². The van der Waals surface area contributed by atoms with Crippen LogP contribution in [0.3, 0.4) is 0 Å². The van der Waals surface area contributed by atoms with Crippen molar-refractivity contribution >= 4 is 22.9 Å². The highest BCUT2D eigenvalue weighted by molar-refractivity contribution is 7.99. The second-order valence-corrected chi connectivity index (χ2v) is 6.34. The van der Waals surface area contributed by atoms with Gasteiger partial charge >= 0.3 is 0 Å². The Bertz CT molecular complexity index is 584. The predicted molar refractivity (Wildman–Crippen MR) is 81.6 cm³/mol. The number of aromatic nitrogens is 1. The summed E-state index contributed by atoms with van der Waals surface area (Å²) < 4.78 is 5.65. The van der Waals surface area contributed by atoms with Gasteiger partial charge in [-0.05, 0) is 39.3 Å². The van der Waals surface area contributed by atoms with Crippen LogP contribution in [0.2, 0.25) is 0 Å². The summed E-state index contributed by atoms with van der Waals surface area (Å²) in [6.07, 6.45) is 0.741. The second kappa shape index (κ2) is 6.29. The minimum atomic E-state index is -0.507. The largest absolute Gasteiger partial charge is 0.431 e. The number of para-hydroxylation sites is 2. The van der Waals surface area contributed by atoms with E-state index in [1.165, 1.54) is 0 Å². The number of oxazole rings is 1. The smallest absolute Gasteiger partial charge is 0.256 e.